The zero-order valence-electron chi connectivity index (χ0n) is 10.1. The van der Waals surface area contributed by atoms with Crippen molar-refractivity contribution in [1.82, 2.24) is 4.90 Å². The van der Waals surface area contributed by atoms with E-state index in [0.29, 0.717) is 6.10 Å². The van der Waals surface area contributed by atoms with E-state index in [1.165, 1.54) is 0 Å². The number of rotatable bonds is 6. The summed E-state index contributed by atoms with van der Waals surface area (Å²) < 4.78 is 5.55. The van der Waals surface area contributed by atoms with Crippen molar-refractivity contribution >= 4 is 0 Å². The Labute approximate surface area is 83.3 Å². The summed E-state index contributed by atoms with van der Waals surface area (Å²) in [5.74, 6) is 0. The molecular formula is C11H25NO. The molecule has 0 aromatic heterocycles. The molecule has 80 valence electrons. The molecule has 0 aliphatic heterocycles. The Bertz CT molecular complexity index is 132. The molecule has 0 atom stereocenters. The van der Waals surface area contributed by atoms with Crippen molar-refractivity contribution in [2.75, 3.05) is 20.2 Å². The molecule has 0 heterocycles. The van der Waals surface area contributed by atoms with Gasteiger partial charge in [-0.25, -0.2) is 0 Å². The van der Waals surface area contributed by atoms with Crippen molar-refractivity contribution in [3.63, 3.8) is 0 Å². The van der Waals surface area contributed by atoms with Gasteiger partial charge in [-0.15, -0.1) is 0 Å². The van der Waals surface area contributed by atoms with Crippen molar-refractivity contribution < 1.29 is 4.74 Å². The number of ether oxygens (including phenoxy) is 1. The Balaban J connectivity index is 3.75. The molecule has 13 heavy (non-hydrogen) atoms. The van der Waals surface area contributed by atoms with E-state index in [0.717, 1.165) is 19.6 Å². The van der Waals surface area contributed by atoms with Gasteiger partial charge in [0.25, 0.3) is 0 Å². The number of hydrogen-bond donors (Lipinski definition) is 0. The van der Waals surface area contributed by atoms with Gasteiger partial charge in [0.2, 0.25) is 0 Å². The third kappa shape index (κ3) is 5.27. The maximum atomic E-state index is 5.55. The lowest BCUT2D eigenvalue weighted by atomic mass is 9.99. The molecule has 0 aromatic carbocycles. The molecule has 0 amide bonds. The highest BCUT2D eigenvalue weighted by molar-refractivity contribution is 4.77. The first kappa shape index (κ1) is 12.9. The normalized spacial score (nSPS) is 12.9. The van der Waals surface area contributed by atoms with Gasteiger partial charge in [0, 0.05) is 12.1 Å². The van der Waals surface area contributed by atoms with Crippen molar-refractivity contribution in [1.29, 1.82) is 0 Å². The topological polar surface area (TPSA) is 12.5 Å². The van der Waals surface area contributed by atoms with E-state index in [1.54, 1.807) is 0 Å². The number of hydrogen-bond acceptors (Lipinski definition) is 2. The van der Waals surface area contributed by atoms with Gasteiger partial charge in [-0.3, -0.25) is 0 Å². The summed E-state index contributed by atoms with van der Waals surface area (Å²) >= 11 is 0. The van der Waals surface area contributed by atoms with Gasteiger partial charge >= 0.3 is 0 Å². The lowest BCUT2D eigenvalue weighted by Crippen LogP contribution is -2.41. The minimum atomic E-state index is 0.254. The summed E-state index contributed by atoms with van der Waals surface area (Å²) in [6.45, 7) is 12.8. The fourth-order valence-electron chi connectivity index (χ4n) is 1.16. The first-order chi connectivity index (χ1) is 5.90. The molecule has 0 N–H and O–H groups in total. The second kappa shape index (κ2) is 5.61. The summed E-state index contributed by atoms with van der Waals surface area (Å²) in [5, 5.41) is 0. The van der Waals surface area contributed by atoms with Crippen LogP contribution in [0.2, 0.25) is 0 Å². The first-order valence-electron chi connectivity index (χ1n) is 5.23. The molecule has 0 aliphatic carbocycles. The van der Waals surface area contributed by atoms with E-state index < -0.39 is 0 Å². The summed E-state index contributed by atoms with van der Waals surface area (Å²) in [5.41, 5.74) is 0.254. The van der Waals surface area contributed by atoms with E-state index in [9.17, 15) is 0 Å². The molecule has 2 nitrogen and oxygen atoms in total. The molecular weight excluding hydrogens is 162 g/mol. The van der Waals surface area contributed by atoms with Gasteiger partial charge < -0.3 is 9.64 Å². The lowest BCUT2D eigenvalue weighted by Gasteiger charge is -2.35. The summed E-state index contributed by atoms with van der Waals surface area (Å²) in [7, 11) is 2.16. The van der Waals surface area contributed by atoms with Gasteiger partial charge in [-0.05, 0) is 47.7 Å². The van der Waals surface area contributed by atoms with Crippen LogP contribution in [-0.2, 0) is 4.74 Å². The Morgan fingerprint density at radius 3 is 2.23 bits per heavy atom. The predicted molar refractivity (Wildman–Crippen MR) is 58.1 cm³/mol. The van der Waals surface area contributed by atoms with Gasteiger partial charge in [-0.2, -0.15) is 0 Å². The Hall–Kier alpha value is -0.0800. The minimum Gasteiger partial charge on any atom is -0.379 e. The van der Waals surface area contributed by atoms with Crippen LogP contribution < -0.4 is 0 Å². The van der Waals surface area contributed by atoms with Crippen LogP contribution in [-0.4, -0.2) is 36.7 Å². The highest BCUT2D eigenvalue weighted by atomic mass is 16.5. The highest BCUT2D eigenvalue weighted by Crippen LogP contribution is 2.16. The molecule has 0 aliphatic rings. The Morgan fingerprint density at radius 2 is 1.85 bits per heavy atom. The average Bonchev–Trinajstić information content (AvgIpc) is 2.01. The van der Waals surface area contributed by atoms with Crippen LogP contribution in [0, 0.1) is 0 Å². The van der Waals surface area contributed by atoms with Crippen molar-refractivity contribution in [3.8, 4) is 0 Å². The molecule has 0 spiro atoms. The molecule has 0 radical (unpaired) electrons. The summed E-state index contributed by atoms with van der Waals surface area (Å²) in [4.78, 5) is 2.36. The van der Waals surface area contributed by atoms with E-state index in [4.69, 9.17) is 4.74 Å². The SMILES string of the molecule is CCN(C)C(C)(C)CCOC(C)C. The van der Waals surface area contributed by atoms with E-state index in [2.05, 4.69) is 46.6 Å². The third-order valence-corrected chi connectivity index (χ3v) is 2.67. The van der Waals surface area contributed by atoms with Crippen molar-refractivity contribution in [2.45, 2.75) is 52.7 Å². The second-order valence-corrected chi connectivity index (χ2v) is 4.50. The minimum absolute atomic E-state index is 0.254. The van der Waals surface area contributed by atoms with Gasteiger partial charge in [0.05, 0.1) is 6.10 Å². The quantitative estimate of drug-likeness (QED) is 0.633. The molecule has 0 rings (SSSR count). The zero-order valence-corrected chi connectivity index (χ0v) is 10.1. The fraction of sp³-hybridized carbons (Fsp3) is 1.00. The van der Waals surface area contributed by atoms with Gasteiger partial charge in [0.15, 0.2) is 0 Å². The summed E-state index contributed by atoms with van der Waals surface area (Å²) in [6, 6.07) is 0. The van der Waals surface area contributed by atoms with Crippen LogP contribution in [0.4, 0.5) is 0 Å². The molecule has 0 fully saturated rings. The van der Waals surface area contributed by atoms with Crippen LogP contribution in [0.25, 0.3) is 0 Å². The van der Waals surface area contributed by atoms with Crippen LogP contribution >= 0.6 is 0 Å². The maximum Gasteiger partial charge on any atom is 0.0518 e. The zero-order chi connectivity index (χ0) is 10.5. The molecule has 0 unspecified atom stereocenters. The fourth-order valence-corrected chi connectivity index (χ4v) is 1.16. The van der Waals surface area contributed by atoms with Crippen LogP contribution in [0.5, 0.6) is 0 Å². The molecule has 0 saturated carbocycles. The van der Waals surface area contributed by atoms with Crippen molar-refractivity contribution in [3.05, 3.63) is 0 Å². The van der Waals surface area contributed by atoms with E-state index in [-0.39, 0.29) is 5.54 Å². The van der Waals surface area contributed by atoms with Gasteiger partial charge in [-0.1, -0.05) is 6.92 Å². The van der Waals surface area contributed by atoms with Crippen molar-refractivity contribution in [2.24, 2.45) is 0 Å². The Morgan fingerprint density at radius 1 is 1.31 bits per heavy atom. The molecule has 2 heteroatoms. The highest BCUT2D eigenvalue weighted by Gasteiger charge is 2.21. The third-order valence-electron chi connectivity index (χ3n) is 2.67. The maximum absolute atomic E-state index is 5.55. The van der Waals surface area contributed by atoms with Crippen LogP contribution in [0.1, 0.15) is 41.0 Å². The number of nitrogens with zero attached hydrogens (tertiary/aromatic N) is 1. The lowest BCUT2D eigenvalue weighted by molar-refractivity contribution is 0.0419. The van der Waals surface area contributed by atoms with Crippen LogP contribution in [0.3, 0.4) is 0 Å². The predicted octanol–water partition coefficient (Wildman–Crippen LogP) is 2.53. The molecule has 0 saturated heterocycles. The monoisotopic (exact) mass is 187 g/mol. The molecule has 0 bridgehead atoms. The second-order valence-electron chi connectivity index (χ2n) is 4.50. The van der Waals surface area contributed by atoms with Gasteiger partial charge in [0.1, 0.15) is 0 Å². The average molecular weight is 187 g/mol. The van der Waals surface area contributed by atoms with E-state index in [1.807, 2.05) is 0 Å². The molecule has 0 aromatic rings. The smallest absolute Gasteiger partial charge is 0.0518 e. The van der Waals surface area contributed by atoms with E-state index >= 15 is 0 Å². The standard InChI is InChI=1S/C11H25NO/c1-7-12(6)11(4,5)8-9-13-10(2)3/h10H,7-9H2,1-6H3. The summed E-state index contributed by atoms with van der Waals surface area (Å²) in [6.07, 6.45) is 1.44. The Kier molecular flexibility index (Phi) is 5.57. The largest absolute Gasteiger partial charge is 0.379 e. The van der Waals surface area contributed by atoms with Crippen LogP contribution in [0.15, 0.2) is 0 Å². The first-order valence-corrected chi connectivity index (χ1v) is 5.23.